The summed E-state index contributed by atoms with van der Waals surface area (Å²) in [6.45, 7) is 11.0. The molecule has 1 rings (SSSR count). The molecule has 0 aliphatic carbocycles. The van der Waals surface area contributed by atoms with Gasteiger partial charge in [-0.3, -0.25) is 0 Å². The van der Waals surface area contributed by atoms with E-state index in [2.05, 4.69) is 34.6 Å². The maximum absolute atomic E-state index is 11.5. The Kier molecular flexibility index (Phi) is 6.25. The van der Waals surface area contributed by atoms with Crippen molar-refractivity contribution < 1.29 is 14.6 Å². The number of hydrogen-bond donors (Lipinski definition) is 1. The van der Waals surface area contributed by atoms with Gasteiger partial charge in [0.25, 0.3) is 0 Å². The third kappa shape index (κ3) is 5.07. The average Bonchev–Trinajstić information content (AvgIpc) is 2.41. The molecule has 1 aromatic carbocycles. The molecule has 0 saturated carbocycles. The summed E-state index contributed by atoms with van der Waals surface area (Å²) in [5.41, 5.74) is 1.30. The summed E-state index contributed by atoms with van der Waals surface area (Å²) < 4.78 is 5.94. The van der Waals surface area contributed by atoms with E-state index in [1.54, 1.807) is 6.07 Å². The molecule has 0 aromatic heterocycles. The number of carboxylic acids is 1. The highest BCUT2D eigenvalue weighted by atomic mass is 16.5. The van der Waals surface area contributed by atoms with Crippen molar-refractivity contribution in [3.05, 3.63) is 29.3 Å². The molecule has 1 N–H and O–H groups in total. The van der Waals surface area contributed by atoms with E-state index in [4.69, 9.17) is 4.74 Å². The van der Waals surface area contributed by atoms with Crippen LogP contribution in [0.25, 0.3) is 0 Å². The molecule has 21 heavy (non-hydrogen) atoms. The number of carbonyl (C=O) groups is 1. The van der Waals surface area contributed by atoms with Gasteiger partial charge in [-0.1, -0.05) is 53.2 Å². The van der Waals surface area contributed by atoms with Crippen LogP contribution in [0.5, 0.6) is 5.75 Å². The van der Waals surface area contributed by atoms with Gasteiger partial charge in [0.1, 0.15) is 11.3 Å². The van der Waals surface area contributed by atoms with E-state index in [0.29, 0.717) is 18.3 Å². The second-order valence-electron chi connectivity index (χ2n) is 6.77. The van der Waals surface area contributed by atoms with E-state index in [1.807, 2.05) is 12.1 Å². The lowest BCUT2D eigenvalue weighted by atomic mass is 9.90. The minimum Gasteiger partial charge on any atom is -0.492 e. The second-order valence-corrected chi connectivity index (χ2v) is 6.77. The SMILES string of the molecule is CCCC(CC)c1cccc(C(=O)O)c1OCC(C)(C)C. The first-order valence-corrected chi connectivity index (χ1v) is 7.79. The Hall–Kier alpha value is -1.51. The minimum atomic E-state index is -0.924. The van der Waals surface area contributed by atoms with Gasteiger partial charge in [0.2, 0.25) is 0 Å². The summed E-state index contributed by atoms with van der Waals surface area (Å²) in [6, 6.07) is 5.46. The zero-order valence-corrected chi connectivity index (χ0v) is 13.9. The second kappa shape index (κ2) is 7.48. The highest BCUT2D eigenvalue weighted by molar-refractivity contribution is 5.91. The molecule has 0 fully saturated rings. The molecule has 0 radical (unpaired) electrons. The lowest BCUT2D eigenvalue weighted by Crippen LogP contribution is -2.19. The predicted molar refractivity (Wildman–Crippen MR) is 86.3 cm³/mol. The fourth-order valence-corrected chi connectivity index (χ4v) is 2.42. The maximum Gasteiger partial charge on any atom is 0.339 e. The molecule has 1 atom stereocenters. The van der Waals surface area contributed by atoms with Crippen molar-refractivity contribution in [2.45, 2.75) is 59.8 Å². The Morgan fingerprint density at radius 1 is 1.29 bits per heavy atom. The predicted octanol–water partition coefficient (Wildman–Crippen LogP) is 5.10. The highest BCUT2D eigenvalue weighted by Gasteiger charge is 2.22. The van der Waals surface area contributed by atoms with Crippen LogP contribution in [0.4, 0.5) is 0 Å². The van der Waals surface area contributed by atoms with Crippen molar-refractivity contribution in [1.82, 2.24) is 0 Å². The normalized spacial score (nSPS) is 13.0. The first-order chi connectivity index (χ1) is 9.80. The molecule has 0 amide bonds. The van der Waals surface area contributed by atoms with E-state index in [0.717, 1.165) is 24.8 Å². The van der Waals surface area contributed by atoms with Crippen LogP contribution in [-0.4, -0.2) is 17.7 Å². The lowest BCUT2D eigenvalue weighted by molar-refractivity contribution is 0.0689. The Bertz CT molecular complexity index is 472. The summed E-state index contributed by atoms with van der Waals surface area (Å²) in [5.74, 6) is -0.0170. The quantitative estimate of drug-likeness (QED) is 0.760. The largest absolute Gasteiger partial charge is 0.492 e. The van der Waals surface area contributed by atoms with Crippen molar-refractivity contribution in [1.29, 1.82) is 0 Å². The smallest absolute Gasteiger partial charge is 0.339 e. The molecule has 0 bridgehead atoms. The van der Waals surface area contributed by atoms with Gasteiger partial charge < -0.3 is 9.84 Å². The van der Waals surface area contributed by atoms with Gasteiger partial charge in [0, 0.05) is 0 Å². The number of benzene rings is 1. The zero-order valence-electron chi connectivity index (χ0n) is 13.9. The van der Waals surface area contributed by atoms with E-state index >= 15 is 0 Å². The van der Waals surface area contributed by atoms with Gasteiger partial charge in [-0.15, -0.1) is 0 Å². The fourth-order valence-electron chi connectivity index (χ4n) is 2.42. The molecule has 1 aromatic rings. The maximum atomic E-state index is 11.5. The van der Waals surface area contributed by atoms with E-state index in [-0.39, 0.29) is 11.0 Å². The molecule has 1 unspecified atom stereocenters. The van der Waals surface area contributed by atoms with Gasteiger partial charge in [-0.2, -0.15) is 0 Å². The zero-order chi connectivity index (χ0) is 16.0. The van der Waals surface area contributed by atoms with Gasteiger partial charge in [-0.25, -0.2) is 4.79 Å². The summed E-state index contributed by atoms with van der Waals surface area (Å²) in [4.78, 5) is 11.5. The van der Waals surface area contributed by atoms with E-state index in [1.165, 1.54) is 0 Å². The third-order valence-electron chi connectivity index (χ3n) is 3.50. The highest BCUT2D eigenvalue weighted by Crippen LogP contribution is 2.35. The Morgan fingerprint density at radius 2 is 1.95 bits per heavy atom. The van der Waals surface area contributed by atoms with Crippen LogP contribution in [0.1, 0.15) is 75.7 Å². The average molecular weight is 292 g/mol. The third-order valence-corrected chi connectivity index (χ3v) is 3.50. The summed E-state index contributed by atoms with van der Waals surface area (Å²) >= 11 is 0. The van der Waals surface area contributed by atoms with Crippen molar-refractivity contribution >= 4 is 5.97 Å². The number of para-hydroxylation sites is 1. The van der Waals surface area contributed by atoms with E-state index in [9.17, 15) is 9.90 Å². The monoisotopic (exact) mass is 292 g/mol. The molecule has 3 heteroatoms. The number of hydrogen-bond acceptors (Lipinski definition) is 2. The van der Waals surface area contributed by atoms with Crippen molar-refractivity contribution in [2.24, 2.45) is 5.41 Å². The molecular formula is C18H28O3. The molecule has 0 saturated heterocycles. The molecule has 0 aliphatic rings. The summed E-state index contributed by atoms with van der Waals surface area (Å²) in [5, 5.41) is 9.42. The van der Waals surface area contributed by atoms with Gasteiger partial charge in [-0.05, 0) is 35.8 Å². The lowest BCUT2D eigenvalue weighted by Gasteiger charge is -2.24. The Labute approximate surface area is 128 Å². The van der Waals surface area contributed by atoms with Crippen LogP contribution in [0.2, 0.25) is 0 Å². The number of rotatable bonds is 7. The van der Waals surface area contributed by atoms with Crippen LogP contribution >= 0.6 is 0 Å². The van der Waals surface area contributed by atoms with E-state index < -0.39 is 5.97 Å². The van der Waals surface area contributed by atoms with Gasteiger partial charge >= 0.3 is 5.97 Å². The molecule has 0 aliphatic heterocycles. The van der Waals surface area contributed by atoms with Crippen LogP contribution in [0.3, 0.4) is 0 Å². The van der Waals surface area contributed by atoms with Crippen molar-refractivity contribution in [3.8, 4) is 5.75 Å². The fraction of sp³-hybridized carbons (Fsp3) is 0.611. The van der Waals surface area contributed by atoms with Gasteiger partial charge in [0.15, 0.2) is 0 Å². The van der Waals surface area contributed by atoms with Crippen LogP contribution in [0.15, 0.2) is 18.2 Å². The first kappa shape index (κ1) is 17.5. The molecule has 0 spiro atoms. The number of ether oxygens (including phenoxy) is 1. The van der Waals surface area contributed by atoms with Gasteiger partial charge in [0.05, 0.1) is 6.61 Å². The summed E-state index contributed by atoms with van der Waals surface area (Å²) in [7, 11) is 0. The topological polar surface area (TPSA) is 46.5 Å². The van der Waals surface area contributed by atoms with Crippen LogP contribution in [-0.2, 0) is 0 Å². The molecule has 3 nitrogen and oxygen atoms in total. The van der Waals surface area contributed by atoms with Crippen molar-refractivity contribution in [3.63, 3.8) is 0 Å². The molecule has 0 heterocycles. The molecule has 118 valence electrons. The first-order valence-electron chi connectivity index (χ1n) is 7.79. The Morgan fingerprint density at radius 3 is 2.43 bits per heavy atom. The number of aromatic carboxylic acids is 1. The van der Waals surface area contributed by atoms with Crippen LogP contribution in [0, 0.1) is 5.41 Å². The standard InChI is InChI=1S/C18H28O3/c1-6-9-13(7-2)14-10-8-11-15(17(19)20)16(14)21-12-18(3,4)5/h8,10-11,13H,6-7,9,12H2,1-5H3,(H,19,20). The van der Waals surface area contributed by atoms with Crippen LogP contribution < -0.4 is 4.74 Å². The Balaban J connectivity index is 3.22. The molecular weight excluding hydrogens is 264 g/mol. The minimum absolute atomic E-state index is 0.00461. The number of carboxylic acid groups (broad SMARTS) is 1. The summed E-state index contributed by atoms with van der Waals surface area (Å²) in [6.07, 6.45) is 3.11. The van der Waals surface area contributed by atoms with Crippen molar-refractivity contribution in [2.75, 3.05) is 6.61 Å².